The molecule has 1 amide bonds. The number of carbonyl (C=O) groups is 1. The van der Waals surface area contributed by atoms with Gasteiger partial charge in [-0.2, -0.15) is 0 Å². The van der Waals surface area contributed by atoms with Gasteiger partial charge in [0.25, 0.3) is 5.91 Å². The smallest absolute Gasteiger partial charge is 0.268 e. The lowest BCUT2D eigenvalue weighted by molar-refractivity contribution is 0.0935. The average Bonchev–Trinajstić information content (AvgIpc) is 2.98. The Balaban J connectivity index is 1.84. The van der Waals surface area contributed by atoms with Gasteiger partial charge in [0, 0.05) is 16.5 Å². The molecule has 0 spiro atoms. The van der Waals surface area contributed by atoms with E-state index in [4.69, 9.17) is 4.74 Å². The normalized spacial score (nSPS) is 12.2. The summed E-state index contributed by atoms with van der Waals surface area (Å²) < 4.78 is 5.41. The van der Waals surface area contributed by atoms with Crippen LogP contribution in [0.2, 0.25) is 0 Å². The minimum atomic E-state index is -0.152. The molecule has 0 aliphatic carbocycles. The first-order valence-electron chi connectivity index (χ1n) is 8.02. The number of aromatic amines is 1. The standard InChI is InChI=1S/C20H22N2O2/c1-12-5-7-17-15(9-12)11-18(22-17)20(23)21-14(3)16-10-13(2)6-8-19(16)24-4/h5-11,14,22H,1-4H3,(H,21,23)/t14-/m1/s1. The molecule has 0 saturated carbocycles. The summed E-state index contributed by atoms with van der Waals surface area (Å²) in [6.07, 6.45) is 0. The van der Waals surface area contributed by atoms with E-state index in [-0.39, 0.29) is 11.9 Å². The second-order valence-electron chi connectivity index (χ2n) is 6.21. The maximum atomic E-state index is 12.6. The van der Waals surface area contributed by atoms with Gasteiger partial charge in [0.15, 0.2) is 0 Å². The summed E-state index contributed by atoms with van der Waals surface area (Å²) in [4.78, 5) is 15.8. The quantitative estimate of drug-likeness (QED) is 0.753. The van der Waals surface area contributed by atoms with Crippen molar-refractivity contribution >= 4 is 16.8 Å². The third-order valence-corrected chi connectivity index (χ3v) is 4.22. The van der Waals surface area contributed by atoms with Crippen LogP contribution in [0.1, 0.15) is 40.1 Å². The van der Waals surface area contributed by atoms with Gasteiger partial charge >= 0.3 is 0 Å². The van der Waals surface area contributed by atoms with Gasteiger partial charge in [-0.15, -0.1) is 0 Å². The molecule has 0 aliphatic heterocycles. The molecule has 0 radical (unpaired) electrons. The van der Waals surface area contributed by atoms with Crippen LogP contribution in [0, 0.1) is 13.8 Å². The van der Waals surface area contributed by atoms with Crippen molar-refractivity contribution in [1.82, 2.24) is 10.3 Å². The summed E-state index contributed by atoms with van der Waals surface area (Å²) in [7, 11) is 1.64. The van der Waals surface area contributed by atoms with Crippen LogP contribution in [0.15, 0.2) is 42.5 Å². The Kier molecular flexibility index (Phi) is 4.30. The predicted octanol–water partition coefficient (Wildman–Crippen LogP) is 4.28. The van der Waals surface area contributed by atoms with Crippen LogP contribution in [-0.4, -0.2) is 18.0 Å². The summed E-state index contributed by atoms with van der Waals surface area (Å²) in [5.74, 6) is 0.653. The molecule has 124 valence electrons. The molecule has 0 aliphatic rings. The van der Waals surface area contributed by atoms with E-state index in [2.05, 4.69) is 16.4 Å². The number of ether oxygens (including phenoxy) is 1. The molecule has 2 aromatic carbocycles. The highest BCUT2D eigenvalue weighted by atomic mass is 16.5. The Bertz CT molecular complexity index is 896. The van der Waals surface area contributed by atoms with Gasteiger partial charge in [-0.1, -0.05) is 29.3 Å². The molecule has 4 nitrogen and oxygen atoms in total. The van der Waals surface area contributed by atoms with Gasteiger partial charge in [0.05, 0.1) is 13.2 Å². The minimum absolute atomic E-state index is 0.125. The van der Waals surface area contributed by atoms with Crippen molar-refractivity contribution in [2.24, 2.45) is 0 Å². The molecule has 2 N–H and O–H groups in total. The average molecular weight is 322 g/mol. The fraction of sp³-hybridized carbons (Fsp3) is 0.250. The van der Waals surface area contributed by atoms with E-state index in [0.717, 1.165) is 27.8 Å². The van der Waals surface area contributed by atoms with Crippen LogP contribution in [0.25, 0.3) is 10.9 Å². The van der Waals surface area contributed by atoms with Crippen LogP contribution >= 0.6 is 0 Å². The number of aromatic nitrogens is 1. The molecule has 24 heavy (non-hydrogen) atoms. The summed E-state index contributed by atoms with van der Waals surface area (Å²) >= 11 is 0. The second kappa shape index (κ2) is 6.40. The molecule has 4 heteroatoms. The van der Waals surface area contributed by atoms with Gasteiger partial charge in [-0.3, -0.25) is 4.79 Å². The van der Waals surface area contributed by atoms with Crippen LogP contribution in [-0.2, 0) is 0 Å². The maximum absolute atomic E-state index is 12.6. The third-order valence-electron chi connectivity index (χ3n) is 4.22. The zero-order valence-corrected chi connectivity index (χ0v) is 14.4. The second-order valence-corrected chi connectivity index (χ2v) is 6.21. The Morgan fingerprint density at radius 3 is 2.54 bits per heavy atom. The largest absolute Gasteiger partial charge is 0.496 e. The Morgan fingerprint density at radius 2 is 1.79 bits per heavy atom. The maximum Gasteiger partial charge on any atom is 0.268 e. The van der Waals surface area contributed by atoms with Gasteiger partial charge in [0.1, 0.15) is 11.4 Å². The third kappa shape index (κ3) is 3.13. The number of amides is 1. The number of rotatable bonds is 4. The van der Waals surface area contributed by atoms with Crippen molar-refractivity contribution in [2.75, 3.05) is 7.11 Å². The lowest BCUT2D eigenvalue weighted by atomic mass is 10.0. The highest BCUT2D eigenvalue weighted by molar-refractivity contribution is 5.98. The Labute approximate surface area is 141 Å². The van der Waals surface area contributed by atoms with Crippen molar-refractivity contribution in [3.8, 4) is 5.75 Å². The number of nitrogens with one attached hydrogen (secondary N) is 2. The molecule has 3 aromatic rings. The van der Waals surface area contributed by atoms with E-state index in [1.54, 1.807) is 7.11 Å². The van der Waals surface area contributed by atoms with Gasteiger partial charge in [-0.25, -0.2) is 0 Å². The first-order valence-corrected chi connectivity index (χ1v) is 8.02. The highest BCUT2D eigenvalue weighted by Crippen LogP contribution is 2.26. The van der Waals surface area contributed by atoms with Crippen LogP contribution < -0.4 is 10.1 Å². The summed E-state index contributed by atoms with van der Waals surface area (Å²) in [6.45, 7) is 6.03. The minimum Gasteiger partial charge on any atom is -0.496 e. The molecular formula is C20H22N2O2. The van der Waals surface area contributed by atoms with E-state index >= 15 is 0 Å². The van der Waals surface area contributed by atoms with Crippen molar-refractivity contribution < 1.29 is 9.53 Å². The number of H-pyrrole nitrogens is 1. The van der Waals surface area contributed by atoms with Gasteiger partial charge in [0.2, 0.25) is 0 Å². The first-order chi connectivity index (χ1) is 11.5. The number of benzene rings is 2. The Hall–Kier alpha value is -2.75. The number of methoxy groups -OCH3 is 1. The van der Waals surface area contributed by atoms with Gasteiger partial charge in [-0.05, 0) is 45.0 Å². The van der Waals surface area contributed by atoms with Crippen LogP contribution in [0.4, 0.5) is 0 Å². The van der Waals surface area contributed by atoms with E-state index in [9.17, 15) is 4.79 Å². The number of aryl methyl sites for hydroxylation is 2. The predicted molar refractivity (Wildman–Crippen MR) is 96.6 cm³/mol. The van der Waals surface area contributed by atoms with Crippen molar-refractivity contribution in [2.45, 2.75) is 26.8 Å². The van der Waals surface area contributed by atoms with Crippen LogP contribution in [0.3, 0.4) is 0 Å². The summed E-state index contributed by atoms with van der Waals surface area (Å²) in [5.41, 5.74) is 4.80. The molecule has 1 atom stereocenters. The fourth-order valence-electron chi connectivity index (χ4n) is 2.92. The number of hydrogen-bond acceptors (Lipinski definition) is 2. The summed E-state index contributed by atoms with van der Waals surface area (Å²) in [6, 6.07) is 13.8. The molecule has 1 aromatic heterocycles. The molecule has 0 saturated heterocycles. The topological polar surface area (TPSA) is 54.1 Å². The van der Waals surface area contributed by atoms with Crippen LogP contribution in [0.5, 0.6) is 5.75 Å². The first kappa shape index (κ1) is 16.1. The highest BCUT2D eigenvalue weighted by Gasteiger charge is 2.16. The molecule has 1 heterocycles. The zero-order chi connectivity index (χ0) is 17.3. The molecule has 3 rings (SSSR count). The fourth-order valence-corrected chi connectivity index (χ4v) is 2.92. The van der Waals surface area contributed by atoms with E-state index in [0.29, 0.717) is 5.69 Å². The molecule has 0 bridgehead atoms. The Morgan fingerprint density at radius 1 is 1.08 bits per heavy atom. The van der Waals surface area contributed by atoms with Crippen molar-refractivity contribution in [1.29, 1.82) is 0 Å². The van der Waals surface area contributed by atoms with E-state index in [1.165, 1.54) is 5.56 Å². The lowest BCUT2D eigenvalue weighted by Crippen LogP contribution is -2.27. The lowest BCUT2D eigenvalue weighted by Gasteiger charge is -2.17. The number of hydrogen-bond donors (Lipinski definition) is 2. The van der Waals surface area contributed by atoms with Crippen molar-refractivity contribution in [3.05, 3.63) is 64.8 Å². The zero-order valence-electron chi connectivity index (χ0n) is 14.4. The monoisotopic (exact) mass is 322 g/mol. The SMILES string of the molecule is COc1ccc(C)cc1[C@@H](C)NC(=O)c1cc2cc(C)ccc2[nH]1. The van der Waals surface area contributed by atoms with Crippen molar-refractivity contribution in [3.63, 3.8) is 0 Å². The number of carbonyl (C=O) groups excluding carboxylic acids is 1. The molecule has 0 fully saturated rings. The molecular weight excluding hydrogens is 300 g/mol. The van der Waals surface area contributed by atoms with E-state index < -0.39 is 0 Å². The summed E-state index contributed by atoms with van der Waals surface area (Å²) in [5, 5.41) is 4.08. The van der Waals surface area contributed by atoms with E-state index in [1.807, 2.05) is 57.2 Å². The molecule has 0 unspecified atom stereocenters. The van der Waals surface area contributed by atoms with Gasteiger partial charge < -0.3 is 15.0 Å². The number of fused-ring (bicyclic) bond motifs is 1.